The minimum absolute atomic E-state index is 0.0256. The molecule has 1 heterocycles. The van der Waals surface area contributed by atoms with Gasteiger partial charge in [-0.3, -0.25) is 19.4 Å². The van der Waals surface area contributed by atoms with Crippen LogP contribution in [0.3, 0.4) is 0 Å². The van der Waals surface area contributed by atoms with Gasteiger partial charge >= 0.3 is 5.97 Å². The molecule has 1 aromatic rings. The van der Waals surface area contributed by atoms with Crippen molar-refractivity contribution in [2.45, 2.75) is 51.4 Å². The number of nitrogens with zero attached hydrogens (tertiary/aromatic N) is 3. The van der Waals surface area contributed by atoms with E-state index in [1.54, 1.807) is 23.0 Å². The van der Waals surface area contributed by atoms with Crippen LogP contribution in [0.25, 0.3) is 0 Å². The second-order valence-corrected chi connectivity index (χ2v) is 9.16. The second-order valence-electron chi connectivity index (χ2n) is 8.63. The number of likely N-dealkylation sites (N-methyl/N-ethyl adjacent to an activating group) is 1. The van der Waals surface area contributed by atoms with E-state index in [1.807, 2.05) is 18.2 Å². The van der Waals surface area contributed by atoms with Gasteiger partial charge < -0.3 is 14.9 Å². The monoisotopic (exact) mass is 463 g/mol. The van der Waals surface area contributed by atoms with E-state index in [0.29, 0.717) is 25.4 Å². The average Bonchev–Trinajstić information content (AvgIpc) is 2.77. The van der Waals surface area contributed by atoms with Gasteiger partial charge in [0.1, 0.15) is 0 Å². The molecule has 1 atom stereocenters. The first-order chi connectivity index (χ1) is 15.3. The Morgan fingerprint density at radius 2 is 1.91 bits per heavy atom. The smallest absolute Gasteiger partial charge is 0.307 e. The van der Waals surface area contributed by atoms with Crippen molar-refractivity contribution in [3.05, 3.63) is 41.7 Å². The summed E-state index contributed by atoms with van der Waals surface area (Å²) in [6.07, 6.45) is 7.65. The Morgan fingerprint density at radius 1 is 1.19 bits per heavy atom. The lowest BCUT2D eigenvalue weighted by Gasteiger charge is -2.31. The highest BCUT2D eigenvalue weighted by atomic mass is 35.5. The Balaban J connectivity index is 2.02. The maximum atomic E-state index is 13.1. The predicted octanol–water partition coefficient (Wildman–Crippen LogP) is 3.72. The fourth-order valence-corrected chi connectivity index (χ4v) is 4.21. The minimum Gasteiger partial charge on any atom is -0.481 e. The van der Waals surface area contributed by atoms with E-state index in [9.17, 15) is 19.5 Å². The van der Waals surface area contributed by atoms with Gasteiger partial charge in [0.2, 0.25) is 11.8 Å². The summed E-state index contributed by atoms with van der Waals surface area (Å²) in [7, 11) is 1.71. The van der Waals surface area contributed by atoms with Crippen LogP contribution in [-0.4, -0.2) is 64.4 Å². The normalized spacial score (nSPS) is 15.1. The highest BCUT2D eigenvalue weighted by Gasteiger charge is 2.28. The zero-order chi connectivity index (χ0) is 23.5. The molecule has 8 heteroatoms. The number of amides is 2. The van der Waals surface area contributed by atoms with Gasteiger partial charge in [-0.2, -0.15) is 0 Å². The van der Waals surface area contributed by atoms with Crippen molar-refractivity contribution < 1.29 is 19.5 Å². The van der Waals surface area contributed by atoms with Crippen LogP contribution in [0.1, 0.15) is 50.6 Å². The lowest BCUT2D eigenvalue weighted by Crippen LogP contribution is -2.45. The Morgan fingerprint density at radius 3 is 2.50 bits per heavy atom. The Kier molecular flexibility index (Phi) is 10.7. The largest absolute Gasteiger partial charge is 0.481 e. The zero-order valence-electron chi connectivity index (χ0n) is 18.8. The van der Waals surface area contributed by atoms with Crippen molar-refractivity contribution >= 4 is 29.4 Å². The van der Waals surface area contributed by atoms with E-state index in [-0.39, 0.29) is 36.2 Å². The maximum absolute atomic E-state index is 13.1. The number of carbonyl (C=O) groups excluding carboxylic acids is 2. The number of hydrogen-bond donors (Lipinski definition) is 1. The zero-order valence-corrected chi connectivity index (χ0v) is 19.6. The first-order valence-electron chi connectivity index (χ1n) is 11.2. The van der Waals surface area contributed by atoms with E-state index < -0.39 is 11.9 Å². The van der Waals surface area contributed by atoms with Crippen LogP contribution in [0.2, 0.25) is 0 Å². The summed E-state index contributed by atoms with van der Waals surface area (Å²) < 4.78 is 0. The van der Waals surface area contributed by atoms with E-state index in [4.69, 9.17) is 11.6 Å². The number of aromatic nitrogens is 1. The van der Waals surface area contributed by atoms with Gasteiger partial charge in [0.05, 0.1) is 12.5 Å². The summed E-state index contributed by atoms with van der Waals surface area (Å²) in [5.74, 6) is -2.19. The van der Waals surface area contributed by atoms with Gasteiger partial charge in [-0.05, 0) is 37.3 Å². The number of carboxylic acids is 1. The number of halogens is 1. The van der Waals surface area contributed by atoms with Crippen LogP contribution >= 0.6 is 11.6 Å². The Labute approximate surface area is 195 Å². The number of carboxylic acid groups (broad SMARTS) is 1. The molecule has 0 spiro atoms. The van der Waals surface area contributed by atoms with Gasteiger partial charge in [0, 0.05) is 49.9 Å². The van der Waals surface area contributed by atoms with Gasteiger partial charge in [-0.1, -0.05) is 43.5 Å². The summed E-state index contributed by atoms with van der Waals surface area (Å²) in [5.41, 5.74) is 0.896. The quantitative estimate of drug-likeness (QED) is 0.510. The van der Waals surface area contributed by atoms with Gasteiger partial charge in [0.25, 0.3) is 0 Å². The molecule has 32 heavy (non-hydrogen) atoms. The standard InChI is InChI=1S/C24H34ClN3O4/c1-18(25)14-20(24(31)32)15-22(29)28(16-19-8-4-3-5-9-19)17-23(30)27(2)13-11-21-10-6-7-12-26-21/h6-7,10,12,19-20H,1,3-5,8-9,11,13-17H2,2H3,(H,31,32). The average molecular weight is 464 g/mol. The predicted molar refractivity (Wildman–Crippen MR) is 124 cm³/mol. The molecule has 176 valence electrons. The van der Waals surface area contributed by atoms with Crippen LogP contribution in [0.4, 0.5) is 0 Å². The Hall–Kier alpha value is -2.41. The molecule has 1 unspecified atom stereocenters. The third-order valence-electron chi connectivity index (χ3n) is 5.98. The molecular weight excluding hydrogens is 430 g/mol. The van der Waals surface area contributed by atoms with Crippen LogP contribution in [-0.2, 0) is 20.8 Å². The van der Waals surface area contributed by atoms with Gasteiger partial charge in [-0.15, -0.1) is 0 Å². The van der Waals surface area contributed by atoms with Crippen molar-refractivity contribution in [2.24, 2.45) is 11.8 Å². The highest BCUT2D eigenvalue weighted by molar-refractivity contribution is 6.29. The molecule has 7 nitrogen and oxygen atoms in total. The lowest BCUT2D eigenvalue weighted by molar-refractivity contribution is -0.147. The molecule has 0 bridgehead atoms. The number of hydrogen-bond acceptors (Lipinski definition) is 4. The molecule has 1 N–H and O–H groups in total. The molecule has 1 saturated carbocycles. The molecule has 1 aliphatic rings. The van der Waals surface area contributed by atoms with Crippen molar-refractivity contribution in [2.75, 3.05) is 26.7 Å². The van der Waals surface area contributed by atoms with Crippen molar-refractivity contribution in [1.82, 2.24) is 14.8 Å². The molecular formula is C24H34ClN3O4. The molecule has 0 saturated heterocycles. The van der Waals surface area contributed by atoms with Crippen LogP contribution in [0.15, 0.2) is 36.0 Å². The molecule has 2 rings (SSSR count). The minimum atomic E-state index is -1.09. The van der Waals surface area contributed by atoms with E-state index in [2.05, 4.69) is 11.6 Å². The van der Waals surface area contributed by atoms with Crippen molar-refractivity contribution in [1.29, 1.82) is 0 Å². The third-order valence-corrected chi connectivity index (χ3v) is 6.13. The summed E-state index contributed by atoms with van der Waals surface area (Å²) in [6, 6.07) is 5.66. The number of rotatable bonds is 12. The van der Waals surface area contributed by atoms with Crippen LogP contribution in [0.5, 0.6) is 0 Å². The van der Waals surface area contributed by atoms with Crippen molar-refractivity contribution in [3.63, 3.8) is 0 Å². The van der Waals surface area contributed by atoms with Crippen LogP contribution < -0.4 is 0 Å². The van der Waals surface area contributed by atoms with Crippen molar-refractivity contribution in [3.8, 4) is 0 Å². The summed E-state index contributed by atoms with van der Waals surface area (Å²) in [4.78, 5) is 44.9. The lowest BCUT2D eigenvalue weighted by atomic mass is 9.88. The molecule has 1 aromatic heterocycles. The molecule has 0 radical (unpaired) electrons. The van der Waals surface area contributed by atoms with Gasteiger partial charge in [-0.25, -0.2) is 0 Å². The summed E-state index contributed by atoms with van der Waals surface area (Å²) in [6.45, 7) is 4.47. The maximum Gasteiger partial charge on any atom is 0.307 e. The topological polar surface area (TPSA) is 90.8 Å². The summed E-state index contributed by atoms with van der Waals surface area (Å²) >= 11 is 5.80. The van der Waals surface area contributed by atoms with E-state index >= 15 is 0 Å². The number of allylic oxidation sites excluding steroid dienone is 1. The van der Waals surface area contributed by atoms with Crippen LogP contribution in [0, 0.1) is 11.8 Å². The van der Waals surface area contributed by atoms with E-state index in [0.717, 1.165) is 31.4 Å². The second kappa shape index (κ2) is 13.2. The Bertz CT molecular complexity index is 781. The first kappa shape index (κ1) is 25.8. The molecule has 1 fully saturated rings. The highest BCUT2D eigenvalue weighted by Crippen LogP contribution is 2.25. The fourth-order valence-electron chi connectivity index (χ4n) is 4.03. The number of pyridine rings is 1. The molecule has 0 aliphatic heterocycles. The van der Waals surface area contributed by atoms with Gasteiger partial charge in [0.15, 0.2) is 0 Å². The molecule has 1 aliphatic carbocycles. The first-order valence-corrected chi connectivity index (χ1v) is 11.6. The molecule has 2 amide bonds. The summed E-state index contributed by atoms with van der Waals surface area (Å²) in [5, 5.41) is 9.67. The fraction of sp³-hybridized carbons (Fsp3) is 0.583. The molecule has 0 aromatic carbocycles. The van der Waals surface area contributed by atoms with E-state index in [1.165, 1.54) is 6.42 Å². The SMILES string of the molecule is C=C(Cl)CC(CC(=O)N(CC(=O)N(C)CCc1ccccn1)CC1CCCCC1)C(=O)O. The number of carbonyl (C=O) groups is 3. The third kappa shape index (κ3) is 8.99. The number of aliphatic carboxylic acids is 1.